The van der Waals surface area contributed by atoms with Crippen LogP contribution >= 0.6 is 0 Å². The van der Waals surface area contributed by atoms with Gasteiger partial charge in [0.05, 0.1) is 6.54 Å². The van der Waals surface area contributed by atoms with E-state index in [4.69, 9.17) is 9.73 Å². The number of carbonyl (C=O) groups excluding carboxylic acids is 1. The molecule has 0 radical (unpaired) electrons. The van der Waals surface area contributed by atoms with E-state index >= 15 is 0 Å². The standard InChI is InChI=1S/C23H27N3O2/c1-26(2)21(27)18-8-5-6-17(14-18)16-24-22-23(10-12-28-13-11-23)15-19-7-3-4-9-20(19)25-22/h3-9,14H,10-13,15-16H2,1-2H3,(H,24,25). The summed E-state index contributed by atoms with van der Waals surface area (Å²) < 4.78 is 5.64. The summed E-state index contributed by atoms with van der Waals surface area (Å²) in [4.78, 5) is 18.8. The molecule has 4 rings (SSSR count). The zero-order chi connectivity index (χ0) is 19.6. The van der Waals surface area contributed by atoms with Gasteiger partial charge in [0, 0.05) is 44.0 Å². The number of nitrogens with one attached hydrogen (secondary N) is 1. The highest BCUT2D eigenvalue weighted by Crippen LogP contribution is 2.41. The molecule has 0 saturated carbocycles. The number of aliphatic imine (C=N–C) groups is 1. The van der Waals surface area contributed by atoms with Crippen LogP contribution in [0.15, 0.2) is 53.5 Å². The molecular weight excluding hydrogens is 350 g/mol. The van der Waals surface area contributed by atoms with Crippen LogP contribution in [0.5, 0.6) is 0 Å². The lowest BCUT2D eigenvalue weighted by Gasteiger charge is -2.42. The van der Waals surface area contributed by atoms with Crippen molar-refractivity contribution in [2.24, 2.45) is 10.4 Å². The molecule has 0 unspecified atom stereocenters. The molecule has 146 valence electrons. The molecule has 1 saturated heterocycles. The number of nitrogens with zero attached hydrogens (tertiary/aromatic N) is 2. The number of carbonyl (C=O) groups is 1. The Morgan fingerprint density at radius 1 is 1.14 bits per heavy atom. The molecule has 2 aromatic rings. The number of hydrogen-bond donors (Lipinski definition) is 1. The predicted octanol–water partition coefficient (Wildman–Crippen LogP) is 3.75. The molecule has 0 atom stereocenters. The van der Waals surface area contributed by atoms with Crippen LogP contribution in [0.2, 0.25) is 0 Å². The van der Waals surface area contributed by atoms with Gasteiger partial charge in [0.25, 0.3) is 5.91 Å². The fourth-order valence-corrected chi connectivity index (χ4v) is 4.12. The maximum absolute atomic E-state index is 12.2. The summed E-state index contributed by atoms with van der Waals surface area (Å²) in [6.45, 7) is 2.10. The number of hydrogen-bond acceptors (Lipinski definition) is 3. The van der Waals surface area contributed by atoms with Crippen LogP contribution in [0.4, 0.5) is 5.69 Å². The Bertz CT molecular complexity index is 898. The number of amides is 1. The van der Waals surface area contributed by atoms with Crippen molar-refractivity contribution in [1.29, 1.82) is 0 Å². The van der Waals surface area contributed by atoms with Gasteiger partial charge in [0.15, 0.2) is 0 Å². The van der Waals surface area contributed by atoms with E-state index < -0.39 is 0 Å². The maximum atomic E-state index is 12.2. The van der Waals surface area contributed by atoms with Gasteiger partial charge in [0.1, 0.15) is 5.84 Å². The fourth-order valence-electron chi connectivity index (χ4n) is 4.12. The molecule has 1 fully saturated rings. The van der Waals surface area contributed by atoms with Crippen molar-refractivity contribution in [2.75, 3.05) is 32.6 Å². The third kappa shape index (κ3) is 3.67. The maximum Gasteiger partial charge on any atom is 0.253 e. The Morgan fingerprint density at radius 2 is 1.93 bits per heavy atom. The highest BCUT2D eigenvalue weighted by molar-refractivity contribution is 6.02. The van der Waals surface area contributed by atoms with Gasteiger partial charge in [-0.15, -0.1) is 0 Å². The van der Waals surface area contributed by atoms with Crippen LogP contribution in [-0.4, -0.2) is 44.0 Å². The van der Waals surface area contributed by atoms with E-state index in [9.17, 15) is 4.79 Å². The number of fused-ring (bicyclic) bond motifs is 1. The number of ether oxygens (including phenoxy) is 1. The Balaban J connectivity index is 1.62. The van der Waals surface area contributed by atoms with Crippen molar-refractivity contribution in [3.05, 3.63) is 65.2 Å². The lowest BCUT2D eigenvalue weighted by molar-refractivity contribution is 0.0448. The number of benzene rings is 2. The van der Waals surface area contributed by atoms with Crippen LogP contribution < -0.4 is 5.32 Å². The minimum atomic E-state index is 0.0140. The molecule has 2 aliphatic heterocycles. The molecule has 2 aromatic carbocycles. The minimum absolute atomic E-state index is 0.0140. The number of anilines is 1. The fraction of sp³-hybridized carbons (Fsp3) is 0.391. The van der Waals surface area contributed by atoms with E-state index in [2.05, 4.69) is 29.6 Å². The normalized spacial score (nSPS) is 19.1. The molecule has 28 heavy (non-hydrogen) atoms. The summed E-state index contributed by atoms with van der Waals surface area (Å²) in [5, 5.41) is 3.60. The first-order chi connectivity index (χ1) is 13.6. The largest absolute Gasteiger partial charge is 0.381 e. The first-order valence-electron chi connectivity index (χ1n) is 9.86. The summed E-state index contributed by atoms with van der Waals surface area (Å²) in [5.41, 5.74) is 4.26. The van der Waals surface area contributed by atoms with Crippen molar-refractivity contribution in [3.8, 4) is 0 Å². The van der Waals surface area contributed by atoms with E-state index in [1.807, 2.05) is 24.3 Å². The second kappa shape index (κ2) is 7.76. The van der Waals surface area contributed by atoms with Crippen LogP contribution in [0.25, 0.3) is 0 Å². The predicted molar refractivity (Wildman–Crippen MR) is 112 cm³/mol. The Labute approximate surface area is 166 Å². The quantitative estimate of drug-likeness (QED) is 0.886. The van der Waals surface area contributed by atoms with Gasteiger partial charge in [-0.2, -0.15) is 0 Å². The zero-order valence-electron chi connectivity index (χ0n) is 16.6. The lowest BCUT2D eigenvalue weighted by Crippen LogP contribution is -2.45. The SMILES string of the molecule is CN(C)C(=O)c1cccc(CN=C2Nc3ccccc3CC23CCOCC3)c1. The summed E-state index contributed by atoms with van der Waals surface area (Å²) in [6.07, 6.45) is 2.95. The van der Waals surface area contributed by atoms with Gasteiger partial charge in [-0.25, -0.2) is 0 Å². The number of rotatable bonds is 3. The van der Waals surface area contributed by atoms with Crippen LogP contribution in [0.3, 0.4) is 0 Å². The monoisotopic (exact) mass is 377 g/mol. The van der Waals surface area contributed by atoms with E-state index in [1.54, 1.807) is 19.0 Å². The third-order valence-electron chi connectivity index (χ3n) is 5.75. The van der Waals surface area contributed by atoms with E-state index in [-0.39, 0.29) is 11.3 Å². The molecule has 2 aliphatic rings. The summed E-state index contributed by atoms with van der Waals surface area (Å²) >= 11 is 0. The smallest absolute Gasteiger partial charge is 0.253 e. The van der Waals surface area contributed by atoms with E-state index in [0.717, 1.165) is 49.6 Å². The summed E-state index contributed by atoms with van der Waals surface area (Å²) in [7, 11) is 3.54. The van der Waals surface area contributed by atoms with Crippen molar-refractivity contribution in [3.63, 3.8) is 0 Å². The molecule has 0 aliphatic carbocycles. The van der Waals surface area contributed by atoms with Gasteiger partial charge in [-0.3, -0.25) is 9.79 Å². The van der Waals surface area contributed by atoms with E-state index in [0.29, 0.717) is 12.1 Å². The van der Waals surface area contributed by atoms with Crippen LogP contribution in [0, 0.1) is 5.41 Å². The van der Waals surface area contributed by atoms with Crippen LogP contribution in [0.1, 0.15) is 34.3 Å². The highest BCUT2D eigenvalue weighted by atomic mass is 16.5. The first kappa shape index (κ1) is 18.7. The molecule has 1 spiro atoms. The summed E-state index contributed by atoms with van der Waals surface area (Å²) in [6, 6.07) is 16.2. The Morgan fingerprint density at radius 3 is 2.71 bits per heavy atom. The summed E-state index contributed by atoms with van der Waals surface area (Å²) in [5.74, 6) is 1.07. The van der Waals surface area contributed by atoms with Crippen molar-refractivity contribution in [2.45, 2.75) is 25.8 Å². The van der Waals surface area contributed by atoms with Gasteiger partial charge < -0.3 is 15.0 Å². The number of amidine groups is 1. The van der Waals surface area contributed by atoms with Gasteiger partial charge in [-0.1, -0.05) is 30.3 Å². The second-order valence-electron chi connectivity index (χ2n) is 7.92. The van der Waals surface area contributed by atoms with E-state index in [1.165, 1.54) is 5.56 Å². The average molecular weight is 377 g/mol. The number of para-hydroxylation sites is 1. The van der Waals surface area contributed by atoms with Crippen LogP contribution in [-0.2, 0) is 17.7 Å². The molecule has 2 heterocycles. The topological polar surface area (TPSA) is 53.9 Å². The lowest BCUT2D eigenvalue weighted by atomic mass is 9.71. The highest BCUT2D eigenvalue weighted by Gasteiger charge is 2.41. The van der Waals surface area contributed by atoms with Gasteiger partial charge in [0.2, 0.25) is 0 Å². The van der Waals surface area contributed by atoms with Crippen molar-refractivity contribution >= 4 is 17.4 Å². The molecule has 5 heteroatoms. The molecule has 1 N–H and O–H groups in total. The molecule has 5 nitrogen and oxygen atoms in total. The Kier molecular flexibility index (Phi) is 5.18. The average Bonchev–Trinajstić information content (AvgIpc) is 2.72. The Hall–Kier alpha value is -2.66. The molecule has 1 amide bonds. The van der Waals surface area contributed by atoms with Gasteiger partial charge in [-0.05, 0) is 48.6 Å². The first-order valence-corrected chi connectivity index (χ1v) is 9.86. The minimum Gasteiger partial charge on any atom is -0.381 e. The van der Waals surface area contributed by atoms with Crippen molar-refractivity contribution < 1.29 is 9.53 Å². The molecule has 0 aromatic heterocycles. The third-order valence-corrected chi connectivity index (χ3v) is 5.75. The molecular formula is C23H27N3O2. The zero-order valence-corrected chi connectivity index (χ0v) is 16.6. The van der Waals surface area contributed by atoms with Gasteiger partial charge >= 0.3 is 0 Å². The molecule has 0 bridgehead atoms. The second-order valence-corrected chi connectivity index (χ2v) is 7.92. The van der Waals surface area contributed by atoms with Crippen molar-refractivity contribution in [1.82, 2.24) is 4.90 Å².